The minimum Gasteiger partial charge on any atom is -0.495 e. The number of aromatic nitrogens is 1. The molecule has 4 heteroatoms. The maximum Gasteiger partial charge on any atom is 0.137 e. The van der Waals surface area contributed by atoms with E-state index in [1.54, 1.807) is 13.3 Å². The summed E-state index contributed by atoms with van der Waals surface area (Å²) in [6.07, 6.45) is 7.52. The molecule has 1 aliphatic rings. The lowest BCUT2D eigenvalue weighted by atomic mass is 10.0. The lowest BCUT2D eigenvalue weighted by molar-refractivity contribution is 0.410. The van der Waals surface area contributed by atoms with Gasteiger partial charge < -0.3 is 10.1 Å². The standard InChI is InChI=1S/C14H22N2OS/c1-3-6-16-14(13-5-4-7-18-13)11-8-12(17-2)10-15-9-11/h8-10,13-14,16H,3-7H2,1-2H3. The molecule has 2 heterocycles. The molecule has 100 valence electrons. The number of hydrogen-bond acceptors (Lipinski definition) is 4. The van der Waals surface area contributed by atoms with Gasteiger partial charge in [0.05, 0.1) is 13.3 Å². The Balaban J connectivity index is 2.14. The van der Waals surface area contributed by atoms with Crippen molar-refractivity contribution in [2.75, 3.05) is 19.4 Å². The van der Waals surface area contributed by atoms with Gasteiger partial charge in [-0.25, -0.2) is 0 Å². The lowest BCUT2D eigenvalue weighted by Crippen LogP contribution is -2.29. The third kappa shape index (κ3) is 3.39. The molecule has 3 nitrogen and oxygen atoms in total. The number of thioether (sulfide) groups is 1. The summed E-state index contributed by atoms with van der Waals surface area (Å²) in [6.45, 7) is 3.26. The number of hydrogen-bond donors (Lipinski definition) is 1. The largest absolute Gasteiger partial charge is 0.495 e. The lowest BCUT2D eigenvalue weighted by Gasteiger charge is -2.24. The minimum atomic E-state index is 0.403. The Morgan fingerprint density at radius 1 is 1.56 bits per heavy atom. The number of methoxy groups -OCH3 is 1. The Kier molecular flexibility index (Phi) is 5.32. The van der Waals surface area contributed by atoms with Crippen LogP contribution in [0.25, 0.3) is 0 Å². The van der Waals surface area contributed by atoms with E-state index in [0.29, 0.717) is 11.3 Å². The van der Waals surface area contributed by atoms with Crippen LogP contribution in [0.2, 0.25) is 0 Å². The summed E-state index contributed by atoms with van der Waals surface area (Å²) in [5, 5.41) is 4.33. The Morgan fingerprint density at radius 2 is 2.44 bits per heavy atom. The van der Waals surface area contributed by atoms with Crippen molar-refractivity contribution in [3.8, 4) is 5.75 Å². The average molecular weight is 266 g/mol. The van der Waals surface area contributed by atoms with Gasteiger partial charge in [0.2, 0.25) is 0 Å². The Bertz CT molecular complexity index is 367. The van der Waals surface area contributed by atoms with E-state index in [9.17, 15) is 0 Å². The molecule has 0 amide bonds. The molecule has 2 unspecified atom stereocenters. The smallest absolute Gasteiger partial charge is 0.137 e. The third-order valence-electron chi connectivity index (χ3n) is 3.28. The first-order valence-corrected chi connectivity index (χ1v) is 7.74. The SMILES string of the molecule is CCCNC(c1cncc(OC)c1)C1CCCS1. The molecule has 0 aromatic carbocycles. The van der Waals surface area contributed by atoms with E-state index in [4.69, 9.17) is 4.74 Å². The first-order chi connectivity index (χ1) is 8.85. The van der Waals surface area contributed by atoms with Gasteiger partial charge in [0.25, 0.3) is 0 Å². The van der Waals surface area contributed by atoms with E-state index < -0.39 is 0 Å². The second-order valence-electron chi connectivity index (χ2n) is 4.64. The minimum absolute atomic E-state index is 0.403. The van der Waals surface area contributed by atoms with Gasteiger partial charge in [-0.3, -0.25) is 4.98 Å². The van der Waals surface area contributed by atoms with Crippen molar-refractivity contribution < 1.29 is 4.74 Å². The fourth-order valence-corrected chi connectivity index (χ4v) is 3.76. The molecular formula is C14H22N2OS. The molecule has 0 aliphatic carbocycles. The predicted octanol–water partition coefficient (Wildman–Crippen LogP) is 3.03. The Morgan fingerprint density at radius 3 is 3.11 bits per heavy atom. The molecule has 1 fully saturated rings. The van der Waals surface area contributed by atoms with E-state index in [-0.39, 0.29) is 0 Å². The first-order valence-electron chi connectivity index (χ1n) is 6.69. The van der Waals surface area contributed by atoms with Gasteiger partial charge in [-0.2, -0.15) is 11.8 Å². The van der Waals surface area contributed by atoms with Crippen molar-refractivity contribution in [3.05, 3.63) is 24.0 Å². The fourth-order valence-electron chi connectivity index (χ4n) is 2.35. The number of rotatable bonds is 6. The third-order valence-corrected chi connectivity index (χ3v) is 4.74. The van der Waals surface area contributed by atoms with E-state index in [1.165, 1.54) is 24.2 Å². The molecule has 0 saturated carbocycles. The second-order valence-corrected chi connectivity index (χ2v) is 5.99. The number of nitrogens with zero attached hydrogens (tertiary/aromatic N) is 1. The molecule has 2 atom stereocenters. The topological polar surface area (TPSA) is 34.2 Å². The average Bonchev–Trinajstić information content (AvgIpc) is 2.93. The van der Waals surface area contributed by atoms with E-state index >= 15 is 0 Å². The predicted molar refractivity (Wildman–Crippen MR) is 77.3 cm³/mol. The summed E-state index contributed by atoms with van der Waals surface area (Å²) in [5.41, 5.74) is 1.25. The van der Waals surface area contributed by atoms with Crippen LogP contribution in [0.5, 0.6) is 5.75 Å². The molecule has 0 radical (unpaired) electrons. The summed E-state index contributed by atoms with van der Waals surface area (Å²) in [4.78, 5) is 4.28. The number of nitrogens with one attached hydrogen (secondary N) is 1. The van der Waals surface area contributed by atoms with Crippen LogP contribution in [0, 0.1) is 0 Å². The summed E-state index contributed by atoms with van der Waals surface area (Å²) < 4.78 is 5.28. The molecule has 0 spiro atoms. The van der Waals surface area contributed by atoms with Crippen LogP contribution in [-0.4, -0.2) is 29.6 Å². The summed E-state index contributed by atoms with van der Waals surface area (Å²) >= 11 is 2.08. The Labute approximate surface area is 114 Å². The van der Waals surface area contributed by atoms with Gasteiger partial charge in [-0.15, -0.1) is 0 Å². The fraction of sp³-hybridized carbons (Fsp3) is 0.643. The zero-order valence-corrected chi connectivity index (χ0v) is 12.0. The van der Waals surface area contributed by atoms with Crippen LogP contribution in [-0.2, 0) is 0 Å². The quantitative estimate of drug-likeness (QED) is 0.858. The molecule has 18 heavy (non-hydrogen) atoms. The molecule has 2 rings (SSSR count). The van der Waals surface area contributed by atoms with Crippen molar-refractivity contribution in [1.82, 2.24) is 10.3 Å². The van der Waals surface area contributed by atoms with Crippen LogP contribution >= 0.6 is 11.8 Å². The van der Waals surface area contributed by atoms with Gasteiger partial charge in [0.1, 0.15) is 5.75 Å². The Hall–Kier alpha value is -0.740. The second kappa shape index (κ2) is 7.00. The highest BCUT2D eigenvalue weighted by atomic mass is 32.2. The van der Waals surface area contributed by atoms with E-state index in [1.807, 2.05) is 6.20 Å². The zero-order valence-electron chi connectivity index (χ0n) is 11.2. The van der Waals surface area contributed by atoms with Crippen LogP contribution in [0.15, 0.2) is 18.5 Å². The zero-order chi connectivity index (χ0) is 12.8. The first kappa shape index (κ1) is 13.7. The molecule has 1 saturated heterocycles. The van der Waals surface area contributed by atoms with Gasteiger partial charge >= 0.3 is 0 Å². The monoisotopic (exact) mass is 266 g/mol. The summed E-state index contributed by atoms with van der Waals surface area (Å²) in [6, 6.07) is 2.51. The normalized spacial score (nSPS) is 20.9. The van der Waals surface area contributed by atoms with Crippen molar-refractivity contribution >= 4 is 11.8 Å². The molecule has 1 N–H and O–H groups in total. The molecule has 0 bridgehead atoms. The molecule has 1 aromatic rings. The van der Waals surface area contributed by atoms with E-state index in [2.05, 4.69) is 35.1 Å². The molecule has 1 aromatic heterocycles. The van der Waals surface area contributed by atoms with Crippen LogP contribution in [0.3, 0.4) is 0 Å². The van der Waals surface area contributed by atoms with Gasteiger partial charge in [0, 0.05) is 17.5 Å². The number of ether oxygens (including phenoxy) is 1. The molecule has 1 aliphatic heterocycles. The van der Waals surface area contributed by atoms with Crippen molar-refractivity contribution in [2.24, 2.45) is 0 Å². The van der Waals surface area contributed by atoms with E-state index in [0.717, 1.165) is 18.7 Å². The maximum absolute atomic E-state index is 5.28. The van der Waals surface area contributed by atoms with Crippen molar-refractivity contribution in [2.45, 2.75) is 37.5 Å². The highest BCUT2D eigenvalue weighted by molar-refractivity contribution is 8.00. The van der Waals surface area contributed by atoms with Crippen LogP contribution in [0.4, 0.5) is 0 Å². The van der Waals surface area contributed by atoms with Crippen LogP contribution in [0.1, 0.15) is 37.8 Å². The van der Waals surface area contributed by atoms with Gasteiger partial charge in [-0.05, 0) is 43.2 Å². The highest BCUT2D eigenvalue weighted by Crippen LogP contribution is 2.36. The van der Waals surface area contributed by atoms with Crippen molar-refractivity contribution in [1.29, 1.82) is 0 Å². The maximum atomic E-state index is 5.28. The van der Waals surface area contributed by atoms with Gasteiger partial charge in [0.15, 0.2) is 0 Å². The summed E-state index contributed by atoms with van der Waals surface area (Å²) in [7, 11) is 1.69. The highest BCUT2D eigenvalue weighted by Gasteiger charge is 2.26. The summed E-state index contributed by atoms with van der Waals surface area (Å²) in [5.74, 6) is 2.13. The molecular weight excluding hydrogens is 244 g/mol. The number of pyridine rings is 1. The van der Waals surface area contributed by atoms with Crippen molar-refractivity contribution in [3.63, 3.8) is 0 Å². The van der Waals surface area contributed by atoms with Crippen LogP contribution < -0.4 is 10.1 Å². The van der Waals surface area contributed by atoms with Gasteiger partial charge in [-0.1, -0.05) is 6.92 Å².